The Bertz CT molecular complexity index is 895. The Hall–Kier alpha value is -2.69. The minimum atomic E-state index is 0. The Kier molecular flexibility index (Phi) is 5.12. The lowest BCUT2D eigenvalue weighted by molar-refractivity contribution is -0.734. The van der Waals surface area contributed by atoms with E-state index >= 15 is 0 Å². The van der Waals surface area contributed by atoms with Gasteiger partial charge in [-0.25, -0.2) is 0 Å². The topological polar surface area (TPSA) is 34.6 Å². The van der Waals surface area contributed by atoms with Gasteiger partial charge in [0.1, 0.15) is 5.69 Å². The second-order valence-corrected chi connectivity index (χ2v) is 5.72. The normalized spacial score (nSPS) is 10.3. The van der Waals surface area contributed by atoms with Crippen LogP contribution >= 0.6 is 11.6 Å². The molecule has 4 aromatic rings. The molecular formula is C19H14Cl2N4. The Morgan fingerprint density at radius 1 is 0.760 bits per heavy atom. The van der Waals surface area contributed by atoms with Crippen molar-refractivity contribution in [1.82, 2.24) is 15.0 Å². The lowest BCUT2D eigenvalue weighted by Gasteiger charge is -1.98. The first-order chi connectivity index (χ1) is 11.8. The van der Waals surface area contributed by atoms with Gasteiger partial charge in [-0.15, -0.1) is 0 Å². The highest BCUT2D eigenvalue weighted by Crippen LogP contribution is 2.18. The molecule has 0 atom stereocenters. The Morgan fingerprint density at radius 3 is 2.00 bits per heavy atom. The van der Waals surface area contributed by atoms with Crippen LogP contribution in [0, 0.1) is 0 Å². The van der Waals surface area contributed by atoms with Crippen molar-refractivity contribution in [2.24, 2.45) is 0 Å². The molecule has 0 fully saturated rings. The van der Waals surface area contributed by atoms with Gasteiger partial charge in [-0.2, -0.15) is 0 Å². The highest BCUT2D eigenvalue weighted by molar-refractivity contribution is 6.30. The second kappa shape index (κ2) is 7.47. The number of para-hydroxylation sites is 2. The average molecular weight is 369 g/mol. The summed E-state index contributed by atoms with van der Waals surface area (Å²) in [5, 5.41) is 10.1. The number of halogens is 2. The van der Waals surface area contributed by atoms with Crippen molar-refractivity contribution in [2.75, 3.05) is 0 Å². The van der Waals surface area contributed by atoms with Crippen LogP contribution in [-0.2, 0) is 0 Å². The molecule has 25 heavy (non-hydrogen) atoms. The molecule has 0 saturated carbocycles. The zero-order valence-corrected chi connectivity index (χ0v) is 14.6. The van der Waals surface area contributed by atoms with E-state index in [1.165, 1.54) is 0 Å². The monoisotopic (exact) mass is 368 g/mol. The van der Waals surface area contributed by atoms with Gasteiger partial charge >= 0.3 is 5.82 Å². The number of rotatable bonds is 3. The van der Waals surface area contributed by atoms with Gasteiger partial charge in [0, 0.05) is 9.82 Å². The molecule has 0 unspecified atom stereocenters. The minimum Gasteiger partial charge on any atom is -1.00 e. The smallest absolute Gasteiger partial charge is 0.340 e. The molecule has 0 aliphatic rings. The number of nitrogens with zero attached hydrogens (tertiary/aromatic N) is 4. The van der Waals surface area contributed by atoms with Crippen LogP contribution in [0.4, 0.5) is 0 Å². The van der Waals surface area contributed by atoms with Gasteiger partial charge in [-0.1, -0.05) is 48.0 Å². The first-order valence-electron chi connectivity index (χ1n) is 7.58. The maximum absolute atomic E-state index is 5.98. The lowest BCUT2D eigenvalue weighted by Crippen LogP contribution is -3.00. The van der Waals surface area contributed by atoms with Crippen molar-refractivity contribution in [3.05, 3.63) is 90.0 Å². The number of aromatic nitrogens is 4. The van der Waals surface area contributed by atoms with E-state index in [-0.39, 0.29) is 12.4 Å². The summed E-state index contributed by atoms with van der Waals surface area (Å²) < 4.78 is 0. The summed E-state index contributed by atoms with van der Waals surface area (Å²) in [6, 6.07) is 27.4. The van der Waals surface area contributed by atoms with Gasteiger partial charge in [-0.05, 0) is 58.4 Å². The van der Waals surface area contributed by atoms with Crippen LogP contribution in [0.3, 0.4) is 0 Å². The van der Waals surface area contributed by atoms with Crippen LogP contribution in [0.15, 0.2) is 84.9 Å². The second-order valence-electron chi connectivity index (χ2n) is 5.28. The van der Waals surface area contributed by atoms with Gasteiger partial charge in [0.05, 0.1) is 10.7 Å². The molecule has 6 heteroatoms. The highest BCUT2D eigenvalue weighted by atomic mass is 35.5. The third kappa shape index (κ3) is 3.55. The van der Waals surface area contributed by atoms with Gasteiger partial charge < -0.3 is 12.4 Å². The zero-order valence-electron chi connectivity index (χ0n) is 13.1. The maximum atomic E-state index is 5.98. The molecule has 4 nitrogen and oxygen atoms in total. The standard InChI is InChI=1S/C19H14ClN4.ClH/c20-16-13-11-15(12-14-16)19-21-23(17-7-3-1-4-8-17)24(22-19)18-9-5-2-6-10-18;/h1-14H;1H/q+1;/p-1. The van der Waals surface area contributed by atoms with Gasteiger partial charge in [0.15, 0.2) is 5.69 Å². The van der Waals surface area contributed by atoms with Gasteiger partial charge in [0.25, 0.3) is 0 Å². The molecule has 124 valence electrons. The molecule has 1 aromatic heterocycles. The number of tetrazole rings is 1. The molecule has 0 spiro atoms. The highest BCUT2D eigenvalue weighted by Gasteiger charge is 2.22. The van der Waals surface area contributed by atoms with Crippen molar-refractivity contribution in [1.29, 1.82) is 0 Å². The van der Waals surface area contributed by atoms with E-state index < -0.39 is 0 Å². The quantitative estimate of drug-likeness (QED) is 0.503. The van der Waals surface area contributed by atoms with Gasteiger partial charge in [-0.3, -0.25) is 0 Å². The minimum absolute atomic E-state index is 0. The Balaban J connectivity index is 0.00000182. The third-order valence-electron chi connectivity index (χ3n) is 3.64. The van der Waals surface area contributed by atoms with E-state index in [4.69, 9.17) is 11.6 Å². The van der Waals surface area contributed by atoms with Crippen LogP contribution in [0.25, 0.3) is 22.8 Å². The molecule has 0 radical (unpaired) electrons. The van der Waals surface area contributed by atoms with E-state index in [9.17, 15) is 0 Å². The summed E-state index contributed by atoms with van der Waals surface area (Å²) in [4.78, 5) is 3.58. The SMILES string of the molecule is Clc1ccc(-c2nn(-c3ccccc3)[n+](-c3ccccc3)n2)cc1.[Cl-]. The zero-order chi connectivity index (χ0) is 16.4. The molecule has 0 bridgehead atoms. The molecule has 4 rings (SSSR count). The number of hydrogen-bond acceptors (Lipinski definition) is 2. The van der Waals surface area contributed by atoms with E-state index in [1.54, 1.807) is 9.59 Å². The van der Waals surface area contributed by atoms with E-state index in [2.05, 4.69) is 10.2 Å². The largest absolute Gasteiger partial charge is 1.00 e. The molecule has 0 aliphatic carbocycles. The van der Waals surface area contributed by atoms with Crippen molar-refractivity contribution >= 4 is 11.6 Å². The van der Waals surface area contributed by atoms with E-state index in [1.807, 2.05) is 84.9 Å². The average Bonchev–Trinajstić information content (AvgIpc) is 3.09. The van der Waals surface area contributed by atoms with Crippen molar-refractivity contribution in [3.63, 3.8) is 0 Å². The van der Waals surface area contributed by atoms with Crippen molar-refractivity contribution in [2.45, 2.75) is 0 Å². The molecule has 0 amide bonds. The lowest BCUT2D eigenvalue weighted by atomic mass is 10.2. The Labute approximate surface area is 156 Å². The fourth-order valence-corrected chi connectivity index (χ4v) is 2.58. The summed E-state index contributed by atoms with van der Waals surface area (Å²) in [5.74, 6) is 0.638. The van der Waals surface area contributed by atoms with Crippen LogP contribution in [0.1, 0.15) is 0 Å². The van der Waals surface area contributed by atoms with E-state index in [0.29, 0.717) is 10.8 Å². The summed E-state index contributed by atoms with van der Waals surface area (Å²) in [6.07, 6.45) is 0. The first kappa shape index (κ1) is 17.1. The van der Waals surface area contributed by atoms with Crippen LogP contribution in [-0.4, -0.2) is 15.0 Å². The molecule has 3 aromatic carbocycles. The summed E-state index contributed by atoms with van der Waals surface area (Å²) >= 11 is 5.98. The maximum Gasteiger partial charge on any atom is 0.340 e. The van der Waals surface area contributed by atoms with Crippen LogP contribution in [0.5, 0.6) is 0 Å². The summed E-state index contributed by atoms with van der Waals surface area (Å²) in [7, 11) is 0. The Morgan fingerprint density at radius 2 is 1.36 bits per heavy atom. The van der Waals surface area contributed by atoms with E-state index in [0.717, 1.165) is 16.9 Å². The number of hydrogen-bond donors (Lipinski definition) is 0. The van der Waals surface area contributed by atoms with Gasteiger partial charge in [0.2, 0.25) is 0 Å². The molecule has 0 saturated heterocycles. The third-order valence-corrected chi connectivity index (χ3v) is 3.89. The molecular weight excluding hydrogens is 355 g/mol. The fraction of sp³-hybridized carbons (Fsp3) is 0. The van der Waals surface area contributed by atoms with Crippen LogP contribution in [0.2, 0.25) is 5.02 Å². The van der Waals surface area contributed by atoms with Crippen LogP contribution < -0.4 is 17.2 Å². The molecule has 1 heterocycles. The molecule has 0 N–H and O–H groups in total. The molecule has 0 aliphatic heterocycles. The van der Waals surface area contributed by atoms with Crippen molar-refractivity contribution in [3.8, 4) is 22.8 Å². The fourth-order valence-electron chi connectivity index (χ4n) is 2.46. The predicted molar refractivity (Wildman–Crippen MR) is 93.3 cm³/mol. The number of benzene rings is 3. The summed E-state index contributed by atoms with van der Waals surface area (Å²) in [5.41, 5.74) is 2.79. The van der Waals surface area contributed by atoms with Crippen molar-refractivity contribution < 1.29 is 17.2 Å². The predicted octanol–water partition coefficient (Wildman–Crippen LogP) is 0.868. The first-order valence-corrected chi connectivity index (χ1v) is 7.95. The summed E-state index contributed by atoms with van der Waals surface area (Å²) in [6.45, 7) is 0.